The number of aryl methyl sites for hydroxylation is 1. The van der Waals surface area contributed by atoms with Crippen LogP contribution in [0.5, 0.6) is 0 Å². The van der Waals surface area contributed by atoms with Gasteiger partial charge in [-0.3, -0.25) is 14.6 Å². The van der Waals surface area contributed by atoms with Gasteiger partial charge in [-0.25, -0.2) is 9.97 Å². The number of aromatic amines is 1. The largest absolute Gasteiger partial charge is 0.338 e. The van der Waals surface area contributed by atoms with Crippen molar-refractivity contribution in [3.05, 3.63) is 99.2 Å². The number of rotatable bonds is 6. The maximum Gasteiger partial charge on any atom is 0.252 e. The lowest BCUT2D eigenvalue weighted by Gasteiger charge is -2.22. The van der Waals surface area contributed by atoms with Crippen LogP contribution < -0.4 is 16.6 Å². The molecule has 0 radical (unpaired) electrons. The van der Waals surface area contributed by atoms with Crippen LogP contribution in [0.3, 0.4) is 0 Å². The summed E-state index contributed by atoms with van der Waals surface area (Å²) < 4.78 is 0. The van der Waals surface area contributed by atoms with E-state index in [0.29, 0.717) is 46.1 Å². The first-order valence-corrected chi connectivity index (χ1v) is 14.1. The van der Waals surface area contributed by atoms with Gasteiger partial charge < -0.3 is 20.9 Å². The third kappa shape index (κ3) is 4.60. The number of halogens is 1. The standard InChI is InChI=1S/C32H30ClN7O2/c1-18-16-26-28(36-14-13-35-26)29(37-18)38-24-9-5-6-20(19(24)2)21-7-4-8-22(27(21)33)25-11-10-23(30(41)39-25)32(3)12-15-40(17-34)31(32)42/h4-11,13-14,16H,12,15,17,34H2,1-3H3,(H,37,38)(H,39,41). The van der Waals surface area contributed by atoms with E-state index in [-0.39, 0.29) is 18.1 Å². The predicted molar refractivity (Wildman–Crippen MR) is 166 cm³/mol. The Bertz CT molecular complexity index is 1920. The Kier molecular flexibility index (Phi) is 7.00. The average molecular weight is 580 g/mol. The number of carbonyl (C=O) groups is 1. The van der Waals surface area contributed by atoms with Crippen molar-refractivity contribution in [2.75, 3.05) is 18.5 Å². The van der Waals surface area contributed by atoms with E-state index < -0.39 is 5.41 Å². The van der Waals surface area contributed by atoms with Gasteiger partial charge in [-0.2, -0.15) is 0 Å². The van der Waals surface area contributed by atoms with Gasteiger partial charge >= 0.3 is 0 Å². The van der Waals surface area contributed by atoms with Crippen LogP contribution in [0.1, 0.15) is 30.2 Å². The lowest BCUT2D eigenvalue weighted by molar-refractivity contribution is -0.132. The van der Waals surface area contributed by atoms with E-state index >= 15 is 0 Å². The maximum atomic E-state index is 13.3. The van der Waals surface area contributed by atoms with Crippen molar-refractivity contribution >= 4 is 40.0 Å². The number of nitrogens with zero attached hydrogens (tertiary/aromatic N) is 4. The molecule has 0 aliphatic carbocycles. The summed E-state index contributed by atoms with van der Waals surface area (Å²) in [7, 11) is 0. The highest BCUT2D eigenvalue weighted by Crippen LogP contribution is 2.40. The van der Waals surface area contributed by atoms with Crippen LogP contribution >= 0.6 is 11.6 Å². The summed E-state index contributed by atoms with van der Waals surface area (Å²) in [5, 5.41) is 3.95. The van der Waals surface area contributed by atoms with Crippen molar-refractivity contribution in [3.8, 4) is 22.4 Å². The van der Waals surface area contributed by atoms with Crippen molar-refractivity contribution in [1.29, 1.82) is 0 Å². The summed E-state index contributed by atoms with van der Waals surface area (Å²) in [5.74, 6) is 0.494. The number of hydrogen-bond acceptors (Lipinski definition) is 7. The minimum Gasteiger partial charge on any atom is -0.338 e. The Morgan fingerprint density at radius 2 is 1.76 bits per heavy atom. The molecule has 42 heavy (non-hydrogen) atoms. The molecule has 1 atom stereocenters. The number of hydrogen-bond donors (Lipinski definition) is 3. The van der Waals surface area contributed by atoms with E-state index in [4.69, 9.17) is 17.3 Å². The van der Waals surface area contributed by atoms with E-state index in [1.54, 1.807) is 30.3 Å². The predicted octanol–water partition coefficient (Wildman–Crippen LogP) is 5.47. The molecule has 3 aromatic heterocycles. The molecule has 0 bridgehead atoms. The van der Waals surface area contributed by atoms with Gasteiger partial charge in [0, 0.05) is 52.7 Å². The Balaban J connectivity index is 1.36. The molecule has 9 nitrogen and oxygen atoms in total. The first-order chi connectivity index (χ1) is 20.2. The lowest BCUT2D eigenvalue weighted by atomic mass is 9.81. The summed E-state index contributed by atoms with van der Waals surface area (Å²) in [6.45, 7) is 6.40. The first-order valence-electron chi connectivity index (χ1n) is 13.7. The van der Waals surface area contributed by atoms with Crippen LogP contribution in [0, 0.1) is 13.8 Å². The molecule has 0 spiro atoms. The Morgan fingerprint density at radius 1 is 1.02 bits per heavy atom. The van der Waals surface area contributed by atoms with E-state index in [1.807, 2.05) is 62.4 Å². The normalized spacial score (nSPS) is 16.8. The molecule has 1 amide bonds. The molecule has 1 aliphatic rings. The number of nitrogens with two attached hydrogens (primary N) is 1. The molecule has 5 aromatic rings. The third-order valence-electron chi connectivity index (χ3n) is 8.12. The fourth-order valence-electron chi connectivity index (χ4n) is 5.73. The minimum atomic E-state index is -0.912. The highest BCUT2D eigenvalue weighted by atomic mass is 35.5. The zero-order valence-corrected chi connectivity index (χ0v) is 24.3. The highest BCUT2D eigenvalue weighted by Gasteiger charge is 2.45. The summed E-state index contributed by atoms with van der Waals surface area (Å²) in [4.78, 5) is 44.3. The highest BCUT2D eigenvalue weighted by molar-refractivity contribution is 6.36. The molecule has 1 fully saturated rings. The zero-order valence-electron chi connectivity index (χ0n) is 23.5. The monoisotopic (exact) mass is 579 g/mol. The molecule has 1 aliphatic heterocycles. The molecule has 0 saturated carbocycles. The van der Waals surface area contributed by atoms with Crippen LogP contribution in [-0.4, -0.2) is 44.0 Å². The Labute approximate surface area is 247 Å². The summed E-state index contributed by atoms with van der Waals surface area (Å²) in [6, 6.07) is 17.1. The van der Waals surface area contributed by atoms with Gasteiger partial charge in [0.25, 0.3) is 5.56 Å². The van der Waals surface area contributed by atoms with Crippen LogP contribution in [0.25, 0.3) is 33.4 Å². The number of benzene rings is 2. The number of fused-ring (bicyclic) bond motifs is 1. The van der Waals surface area contributed by atoms with Crippen LogP contribution in [0.15, 0.2) is 71.8 Å². The number of aromatic nitrogens is 4. The van der Waals surface area contributed by atoms with Gasteiger partial charge in [-0.1, -0.05) is 48.0 Å². The van der Waals surface area contributed by atoms with Crippen LogP contribution in [-0.2, 0) is 10.2 Å². The van der Waals surface area contributed by atoms with Gasteiger partial charge in [0.15, 0.2) is 5.82 Å². The smallest absolute Gasteiger partial charge is 0.252 e. The van der Waals surface area contributed by atoms with Gasteiger partial charge in [0.05, 0.1) is 22.6 Å². The number of nitrogens with one attached hydrogen (secondary N) is 2. The number of carbonyl (C=O) groups excluding carboxylic acids is 1. The van der Waals surface area contributed by atoms with E-state index in [9.17, 15) is 9.59 Å². The third-order valence-corrected chi connectivity index (χ3v) is 8.52. The van der Waals surface area contributed by atoms with Crippen LogP contribution in [0.4, 0.5) is 11.5 Å². The fraction of sp³-hybridized carbons (Fsp3) is 0.219. The SMILES string of the molecule is Cc1cc2nccnc2c(Nc2cccc(-c3cccc(-c4ccc(C5(C)CCN(CN)C5=O)c(=O)[nH]4)c3Cl)c2C)n1. The van der Waals surface area contributed by atoms with Crippen LogP contribution in [0.2, 0.25) is 5.02 Å². The van der Waals surface area contributed by atoms with Gasteiger partial charge in [0.2, 0.25) is 5.91 Å². The van der Waals surface area contributed by atoms with Gasteiger partial charge in [-0.15, -0.1) is 0 Å². The maximum absolute atomic E-state index is 13.3. The number of H-pyrrole nitrogens is 1. The lowest BCUT2D eigenvalue weighted by Crippen LogP contribution is -2.41. The molecule has 10 heteroatoms. The fourth-order valence-corrected chi connectivity index (χ4v) is 6.06. The molecule has 1 unspecified atom stereocenters. The molecule has 6 rings (SSSR count). The van der Waals surface area contributed by atoms with Gasteiger partial charge in [-0.05, 0) is 56.5 Å². The van der Waals surface area contributed by atoms with E-state index in [1.165, 1.54) is 0 Å². The minimum absolute atomic E-state index is 0.131. The quantitative estimate of drug-likeness (QED) is 0.243. The van der Waals surface area contributed by atoms with Crippen molar-refractivity contribution in [3.63, 3.8) is 0 Å². The number of amides is 1. The molecular formula is C32H30ClN7O2. The van der Waals surface area contributed by atoms with Crippen molar-refractivity contribution in [1.82, 2.24) is 24.8 Å². The Hall–Kier alpha value is -4.60. The molecular weight excluding hydrogens is 550 g/mol. The number of likely N-dealkylation sites (tertiary alicyclic amines) is 1. The van der Waals surface area contributed by atoms with Gasteiger partial charge in [0.1, 0.15) is 5.52 Å². The average Bonchev–Trinajstić information content (AvgIpc) is 3.28. The zero-order chi connectivity index (χ0) is 29.6. The summed E-state index contributed by atoms with van der Waals surface area (Å²) in [6.07, 6.45) is 3.85. The van der Waals surface area contributed by atoms with E-state index in [0.717, 1.165) is 33.6 Å². The Morgan fingerprint density at radius 3 is 2.52 bits per heavy atom. The van der Waals surface area contributed by atoms with Crippen molar-refractivity contribution in [2.45, 2.75) is 32.6 Å². The second kappa shape index (κ2) is 10.7. The number of pyridine rings is 2. The van der Waals surface area contributed by atoms with Crippen molar-refractivity contribution < 1.29 is 4.79 Å². The molecule has 1 saturated heterocycles. The van der Waals surface area contributed by atoms with Crippen molar-refractivity contribution in [2.24, 2.45) is 5.73 Å². The first kappa shape index (κ1) is 27.6. The molecule has 4 N–H and O–H groups in total. The topological polar surface area (TPSA) is 130 Å². The summed E-state index contributed by atoms with van der Waals surface area (Å²) >= 11 is 7.02. The molecule has 2 aromatic carbocycles. The number of anilines is 2. The second-order valence-electron chi connectivity index (χ2n) is 10.8. The molecule has 4 heterocycles. The van der Waals surface area contributed by atoms with E-state index in [2.05, 4.69) is 25.3 Å². The molecule has 212 valence electrons. The summed E-state index contributed by atoms with van der Waals surface area (Å²) in [5.41, 5.74) is 12.0. The second-order valence-corrected chi connectivity index (χ2v) is 11.1.